The average molecular weight is 804 g/mol. The summed E-state index contributed by atoms with van der Waals surface area (Å²) >= 11 is 0. The number of nitrogens with one attached hydrogen (secondary N) is 5. The minimum Gasteiger partial charge on any atom is -0.508 e. The number of phenolic OH excluding ortho intramolecular Hbond substituents is 1. The van der Waals surface area contributed by atoms with Crippen LogP contribution in [0.25, 0.3) is 0 Å². The van der Waals surface area contributed by atoms with E-state index in [0.29, 0.717) is 11.3 Å². The first-order valence-electron chi connectivity index (χ1n) is 20.1. The van der Waals surface area contributed by atoms with Gasteiger partial charge in [0.15, 0.2) is 0 Å². The van der Waals surface area contributed by atoms with E-state index in [1.165, 1.54) is 25.3 Å². The molecule has 58 heavy (non-hydrogen) atoms. The Balaban J connectivity index is 1.79. The molecule has 0 saturated carbocycles. The number of hydrogen-bond donors (Lipinski definition) is 6. The van der Waals surface area contributed by atoms with Crippen LogP contribution in [0.15, 0.2) is 72.8 Å². The standard InChI is InChI=1S/C44H61N5O9/c1-7-8-9-10-11-12-13-14-37(51)46-35(25-30-15-20-33(50)21-16-30)41(53)49-40(29(4)5)42(54)45-32-19-24-38(52)48-39(28(2)3)43(55)47-36(44(56)58-27-32)26-31-17-22-34(57-6)23-18-31/h12-13,15-24,28-29,32,35-36,39-40,50H,7-11,14,25-27H2,1-6H3,(H,45,54)(H,46,51)(H,47,55)(H,48,52)(H,49,53)/b13-12-,24-19+/t32-,35+,36+,39+,40+/m1/s1. The molecule has 2 aromatic rings. The second-order valence-corrected chi connectivity index (χ2v) is 15.2. The molecule has 1 heterocycles. The first-order valence-corrected chi connectivity index (χ1v) is 20.1. The number of rotatable bonds is 19. The van der Waals surface area contributed by atoms with E-state index in [1.807, 2.05) is 6.08 Å². The van der Waals surface area contributed by atoms with Gasteiger partial charge in [0.25, 0.3) is 0 Å². The summed E-state index contributed by atoms with van der Waals surface area (Å²) in [5.74, 6) is -3.58. The van der Waals surface area contributed by atoms with Gasteiger partial charge in [-0.2, -0.15) is 0 Å². The van der Waals surface area contributed by atoms with Gasteiger partial charge in [-0.3, -0.25) is 24.0 Å². The van der Waals surface area contributed by atoms with Crippen LogP contribution in [0.2, 0.25) is 0 Å². The highest BCUT2D eigenvalue weighted by molar-refractivity contribution is 5.95. The number of carbonyl (C=O) groups excluding carboxylic acids is 6. The molecule has 6 N–H and O–H groups in total. The van der Waals surface area contributed by atoms with Gasteiger partial charge in [0.1, 0.15) is 42.3 Å². The predicted molar refractivity (Wildman–Crippen MR) is 220 cm³/mol. The average Bonchev–Trinajstić information content (AvgIpc) is 3.19. The van der Waals surface area contributed by atoms with E-state index in [-0.39, 0.29) is 43.4 Å². The fourth-order valence-electron chi connectivity index (χ4n) is 6.20. The fraction of sp³-hybridized carbons (Fsp3) is 0.500. The van der Waals surface area contributed by atoms with E-state index in [9.17, 15) is 33.9 Å². The maximum atomic E-state index is 13.9. The number of aromatic hydroxyl groups is 1. The molecule has 0 saturated heterocycles. The van der Waals surface area contributed by atoms with Crippen molar-refractivity contribution in [2.75, 3.05) is 13.7 Å². The Morgan fingerprint density at radius 2 is 1.59 bits per heavy atom. The Hall–Kier alpha value is -5.66. The first kappa shape index (κ1) is 46.7. The third-order valence-corrected chi connectivity index (χ3v) is 9.63. The largest absolute Gasteiger partial charge is 0.508 e. The van der Waals surface area contributed by atoms with Crippen molar-refractivity contribution in [3.8, 4) is 11.5 Å². The Labute approximate surface area is 342 Å². The van der Waals surface area contributed by atoms with Crippen LogP contribution in [0.5, 0.6) is 11.5 Å². The topological polar surface area (TPSA) is 201 Å². The minimum absolute atomic E-state index is 0.0515. The highest BCUT2D eigenvalue weighted by Crippen LogP contribution is 2.16. The van der Waals surface area contributed by atoms with E-state index in [1.54, 1.807) is 70.2 Å². The molecule has 5 atom stereocenters. The normalized spacial score (nSPS) is 19.2. The number of benzene rings is 2. The first-order chi connectivity index (χ1) is 27.7. The van der Waals surface area contributed by atoms with Crippen LogP contribution in [0.4, 0.5) is 0 Å². The maximum Gasteiger partial charge on any atom is 0.329 e. The lowest BCUT2D eigenvalue weighted by Crippen LogP contribution is -2.57. The van der Waals surface area contributed by atoms with Gasteiger partial charge in [-0.1, -0.05) is 96.4 Å². The Morgan fingerprint density at radius 1 is 0.897 bits per heavy atom. The van der Waals surface area contributed by atoms with Crippen LogP contribution in [0, 0.1) is 11.8 Å². The molecular weight excluding hydrogens is 743 g/mol. The molecule has 0 unspecified atom stereocenters. The summed E-state index contributed by atoms with van der Waals surface area (Å²) in [6.45, 7) is 8.76. The van der Waals surface area contributed by atoms with Crippen LogP contribution in [-0.4, -0.2) is 84.5 Å². The summed E-state index contributed by atoms with van der Waals surface area (Å²) in [5.41, 5.74) is 1.39. The molecule has 5 amide bonds. The van der Waals surface area contributed by atoms with Crippen molar-refractivity contribution in [1.29, 1.82) is 0 Å². The van der Waals surface area contributed by atoms with Gasteiger partial charge in [-0.15, -0.1) is 0 Å². The van der Waals surface area contributed by atoms with Crippen LogP contribution < -0.4 is 31.3 Å². The molecule has 1 aliphatic rings. The third kappa shape index (κ3) is 16.1. The minimum atomic E-state index is -1.12. The number of carbonyl (C=O) groups is 6. The number of phenols is 1. The van der Waals surface area contributed by atoms with Crippen molar-refractivity contribution in [1.82, 2.24) is 26.6 Å². The van der Waals surface area contributed by atoms with Crippen LogP contribution in [0.1, 0.15) is 84.3 Å². The van der Waals surface area contributed by atoms with E-state index in [2.05, 4.69) is 33.5 Å². The van der Waals surface area contributed by atoms with Crippen LogP contribution >= 0.6 is 0 Å². The second kappa shape index (κ2) is 24.2. The van der Waals surface area contributed by atoms with Crippen molar-refractivity contribution in [3.63, 3.8) is 0 Å². The zero-order chi connectivity index (χ0) is 42.6. The Kier molecular flexibility index (Phi) is 19.5. The Bertz CT molecular complexity index is 1720. The zero-order valence-electron chi connectivity index (χ0n) is 34.5. The SMILES string of the molecule is CCCCCC/C=C\CC(=O)N[C@@H](Cc1ccc(O)cc1)C(=O)N[C@H](C(=O)N[C@@H]1/C=C/C(=O)N[C@@H](C(C)C)C(=O)N[C@@H](Cc2ccc(OC)cc2)C(=O)OC1)C(C)C. The van der Waals surface area contributed by atoms with Gasteiger partial charge in [0.2, 0.25) is 29.5 Å². The lowest BCUT2D eigenvalue weighted by Gasteiger charge is -2.28. The van der Waals surface area contributed by atoms with Crippen LogP contribution in [0.3, 0.4) is 0 Å². The number of unbranched alkanes of at least 4 members (excludes halogenated alkanes) is 4. The molecule has 3 rings (SSSR count). The van der Waals surface area contributed by atoms with E-state index < -0.39 is 65.7 Å². The summed E-state index contributed by atoms with van der Waals surface area (Å²) < 4.78 is 10.9. The summed E-state index contributed by atoms with van der Waals surface area (Å²) in [5, 5.41) is 23.6. The molecule has 0 aliphatic carbocycles. The highest BCUT2D eigenvalue weighted by Gasteiger charge is 2.33. The van der Waals surface area contributed by atoms with Gasteiger partial charge >= 0.3 is 5.97 Å². The summed E-state index contributed by atoms with van der Waals surface area (Å²) in [6, 6.07) is 8.00. The van der Waals surface area contributed by atoms with Crippen molar-refractivity contribution in [2.24, 2.45) is 11.8 Å². The summed E-state index contributed by atoms with van der Waals surface area (Å²) in [7, 11) is 1.54. The zero-order valence-corrected chi connectivity index (χ0v) is 34.5. The lowest BCUT2D eigenvalue weighted by molar-refractivity contribution is -0.149. The summed E-state index contributed by atoms with van der Waals surface area (Å²) in [4.78, 5) is 80.6. The number of ether oxygens (including phenoxy) is 2. The van der Waals surface area contributed by atoms with Crippen molar-refractivity contribution < 1.29 is 43.3 Å². The number of esters is 1. The number of methoxy groups -OCH3 is 1. The molecular formula is C44H61N5O9. The molecule has 1 aliphatic heterocycles. The number of cyclic esters (lactones) is 1. The molecule has 0 radical (unpaired) electrons. The second-order valence-electron chi connectivity index (χ2n) is 15.2. The van der Waals surface area contributed by atoms with Crippen molar-refractivity contribution >= 4 is 35.5 Å². The van der Waals surface area contributed by atoms with Gasteiger partial charge in [0, 0.05) is 25.3 Å². The number of hydrogen-bond acceptors (Lipinski definition) is 9. The molecule has 316 valence electrons. The smallest absolute Gasteiger partial charge is 0.329 e. The molecule has 0 fully saturated rings. The van der Waals surface area contributed by atoms with Gasteiger partial charge in [-0.05, 0) is 60.1 Å². The fourth-order valence-corrected chi connectivity index (χ4v) is 6.20. The monoisotopic (exact) mass is 803 g/mol. The van der Waals surface area contributed by atoms with Gasteiger partial charge < -0.3 is 41.2 Å². The number of amides is 5. The van der Waals surface area contributed by atoms with Gasteiger partial charge in [0.05, 0.1) is 13.2 Å². The van der Waals surface area contributed by atoms with Crippen LogP contribution in [-0.2, 0) is 46.3 Å². The van der Waals surface area contributed by atoms with E-state index >= 15 is 0 Å². The molecule has 2 aromatic carbocycles. The molecule has 0 bridgehead atoms. The quantitative estimate of drug-likeness (QED) is 0.0691. The maximum absolute atomic E-state index is 13.9. The summed E-state index contributed by atoms with van der Waals surface area (Å²) in [6.07, 6.45) is 11.8. The number of allylic oxidation sites excluding steroid dienone is 1. The highest BCUT2D eigenvalue weighted by atomic mass is 16.5. The van der Waals surface area contributed by atoms with E-state index in [4.69, 9.17) is 9.47 Å². The van der Waals surface area contributed by atoms with E-state index in [0.717, 1.165) is 43.7 Å². The molecule has 14 heteroatoms. The van der Waals surface area contributed by atoms with Crippen molar-refractivity contribution in [3.05, 3.63) is 84.0 Å². The third-order valence-electron chi connectivity index (χ3n) is 9.63. The molecule has 0 spiro atoms. The predicted octanol–water partition coefficient (Wildman–Crippen LogP) is 3.95. The molecule has 14 nitrogen and oxygen atoms in total. The lowest BCUT2D eigenvalue weighted by atomic mass is 10.00. The van der Waals surface area contributed by atoms with Crippen molar-refractivity contribution in [2.45, 2.75) is 116 Å². The Morgan fingerprint density at radius 3 is 2.22 bits per heavy atom. The van der Waals surface area contributed by atoms with Gasteiger partial charge in [-0.25, -0.2) is 4.79 Å². The molecule has 0 aromatic heterocycles.